The van der Waals surface area contributed by atoms with Gasteiger partial charge in [0.15, 0.2) is 0 Å². The van der Waals surface area contributed by atoms with Crippen LogP contribution in [0.15, 0.2) is 54.6 Å². The van der Waals surface area contributed by atoms with Gasteiger partial charge in [-0.05, 0) is 36.2 Å². The number of nitrogens with zero attached hydrogens (tertiary/aromatic N) is 1. The van der Waals surface area contributed by atoms with Crippen LogP contribution in [0.1, 0.15) is 16.8 Å². The standard InChI is InChI=1S/C18H16ClNO/c1-13-16(11-19)9-15-7-8-17(10-18(15)20-13)21-12-14-5-3-2-4-6-14/h2-10H,11-12H2,1H3. The van der Waals surface area contributed by atoms with Crippen molar-refractivity contribution in [3.8, 4) is 5.75 Å². The Morgan fingerprint density at radius 2 is 1.86 bits per heavy atom. The molecule has 0 radical (unpaired) electrons. The van der Waals surface area contributed by atoms with Crippen LogP contribution in [0.25, 0.3) is 10.9 Å². The van der Waals surface area contributed by atoms with Crippen molar-refractivity contribution < 1.29 is 4.74 Å². The minimum absolute atomic E-state index is 0.487. The molecule has 3 rings (SSSR count). The third-order valence-electron chi connectivity index (χ3n) is 3.48. The third-order valence-corrected chi connectivity index (χ3v) is 3.76. The molecule has 0 fully saturated rings. The van der Waals surface area contributed by atoms with Gasteiger partial charge >= 0.3 is 0 Å². The molecule has 2 aromatic carbocycles. The average molecular weight is 298 g/mol. The van der Waals surface area contributed by atoms with E-state index in [0.29, 0.717) is 12.5 Å². The molecule has 0 amide bonds. The number of halogens is 1. The second kappa shape index (κ2) is 6.15. The zero-order chi connectivity index (χ0) is 14.7. The number of hydrogen-bond acceptors (Lipinski definition) is 2. The van der Waals surface area contributed by atoms with Gasteiger partial charge in [0.25, 0.3) is 0 Å². The number of rotatable bonds is 4. The van der Waals surface area contributed by atoms with E-state index in [4.69, 9.17) is 16.3 Å². The predicted octanol–water partition coefficient (Wildman–Crippen LogP) is 4.86. The van der Waals surface area contributed by atoms with Crippen molar-refractivity contribution in [2.75, 3.05) is 0 Å². The number of ether oxygens (including phenoxy) is 1. The summed E-state index contributed by atoms with van der Waals surface area (Å²) in [5, 5.41) is 1.09. The molecule has 1 heterocycles. The molecule has 0 bridgehead atoms. The van der Waals surface area contributed by atoms with Gasteiger partial charge in [-0.25, -0.2) is 0 Å². The molecule has 106 valence electrons. The zero-order valence-corrected chi connectivity index (χ0v) is 12.6. The monoisotopic (exact) mass is 297 g/mol. The third kappa shape index (κ3) is 3.17. The van der Waals surface area contributed by atoms with Crippen LogP contribution in [-0.2, 0) is 12.5 Å². The van der Waals surface area contributed by atoms with E-state index in [9.17, 15) is 0 Å². The van der Waals surface area contributed by atoms with Crippen LogP contribution < -0.4 is 4.74 Å². The minimum atomic E-state index is 0.487. The average Bonchev–Trinajstić information content (AvgIpc) is 2.53. The summed E-state index contributed by atoms with van der Waals surface area (Å²) in [6, 6.07) is 18.2. The topological polar surface area (TPSA) is 22.1 Å². The van der Waals surface area contributed by atoms with Gasteiger partial charge in [-0.2, -0.15) is 0 Å². The Bertz CT molecular complexity index is 756. The molecule has 0 aliphatic rings. The van der Waals surface area contributed by atoms with E-state index in [1.165, 1.54) is 0 Å². The smallest absolute Gasteiger partial charge is 0.122 e. The fraction of sp³-hybridized carbons (Fsp3) is 0.167. The molecule has 1 aromatic heterocycles. The van der Waals surface area contributed by atoms with Crippen LogP contribution >= 0.6 is 11.6 Å². The molecular formula is C18H16ClNO. The minimum Gasteiger partial charge on any atom is -0.489 e. The molecule has 0 saturated heterocycles. The Kier molecular flexibility index (Phi) is 4.07. The van der Waals surface area contributed by atoms with E-state index in [1.807, 2.05) is 43.3 Å². The van der Waals surface area contributed by atoms with Gasteiger partial charge in [0, 0.05) is 23.0 Å². The number of aryl methyl sites for hydroxylation is 1. The second-order valence-corrected chi connectivity index (χ2v) is 5.26. The summed E-state index contributed by atoms with van der Waals surface area (Å²) in [5.41, 5.74) is 4.13. The highest BCUT2D eigenvalue weighted by Gasteiger charge is 2.04. The maximum atomic E-state index is 5.92. The first-order valence-corrected chi connectivity index (χ1v) is 7.42. The predicted molar refractivity (Wildman–Crippen MR) is 86.8 cm³/mol. The van der Waals surface area contributed by atoms with Crippen molar-refractivity contribution in [2.45, 2.75) is 19.4 Å². The highest BCUT2D eigenvalue weighted by Crippen LogP contribution is 2.23. The zero-order valence-electron chi connectivity index (χ0n) is 11.8. The van der Waals surface area contributed by atoms with E-state index < -0.39 is 0 Å². The summed E-state index contributed by atoms with van der Waals surface area (Å²) in [7, 11) is 0. The van der Waals surface area contributed by atoms with Crippen LogP contribution in [0, 0.1) is 6.92 Å². The fourth-order valence-corrected chi connectivity index (χ4v) is 2.52. The number of alkyl halides is 1. The van der Waals surface area contributed by atoms with E-state index in [0.717, 1.165) is 33.5 Å². The number of benzene rings is 2. The lowest BCUT2D eigenvalue weighted by Crippen LogP contribution is -1.96. The van der Waals surface area contributed by atoms with Crippen LogP contribution in [0.5, 0.6) is 5.75 Å². The molecule has 0 spiro atoms. The van der Waals surface area contributed by atoms with E-state index in [1.54, 1.807) is 0 Å². The number of aromatic nitrogens is 1. The maximum absolute atomic E-state index is 5.92. The van der Waals surface area contributed by atoms with Crippen LogP contribution in [0.2, 0.25) is 0 Å². The lowest BCUT2D eigenvalue weighted by Gasteiger charge is -2.09. The molecular weight excluding hydrogens is 282 g/mol. The highest BCUT2D eigenvalue weighted by atomic mass is 35.5. The van der Waals surface area contributed by atoms with Gasteiger partial charge in [-0.1, -0.05) is 30.3 Å². The molecule has 0 aliphatic carbocycles. The molecule has 21 heavy (non-hydrogen) atoms. The van der Waals surface area contributed by atoms with Crippen molar-refractivity contribution >= 4 is 22.5 Å². The Hall–Kier alpha value is -2.06. The van der Waals surface area contributed by atoms with Crippen molar-refractivity contribution in [3.63, 3.8) is 0 Å². The highest BCUT2D eigenvalue weighted by molar-refractivity contribution is 6.17. The van der Waals surface area contributed by atoms with Crippen molar-refractivity contribution in [2.24, 2.45) is 0 Å². The number of hydrogen-bond donors (Lipinski definition) is 0. The fourth-order valence-electron chi connectivity index (χ4n) is 2.25. The van der Waals surface area contributed by atoms with Crippen LogP contribution in [0.3, 0.4) is 0 Å². The summed E-state index contributed by atoms with van der Waals surface area (Å²) in [4.78, 5) is 4.60. The van der Waals surface area contributed by atoms with Gasteiger partial charge in [0.05, 0.1) is 5.52 Å². The molecule has 0 aliphatic heterocycles. The summed E-state index contributed by atoms with van der Waals surface area (Å²) >= 11 is 5.92. The van der Waals surface area contributed by atoms with Crippen molar-refractivity contribution in [1.29, 1.82) is 0 Å². The summed E-state index contributed by atoms with van der Waals surface area (Å²) < 4.78 is 5.83. The Balaban J connectivity index is 1.84. The molecule has 0 saturated carbocycles. The summed E-state index contributed by atoms with van der Waals surface area (Å²) in [6.45, 7) is 2.54. The summed E-state index contributed by atoms with van der Waals surface area (Å²) in [5.74, 6) is 1.32. The summed E-state index contributed by atoms with van der Waals surface area (Å²) in [6.07, 6.45) is 0. The van der Waals surface area contributed by atoms with Crippen LogP contribution in [0.4, 0.5) is 0 Å². The largest absolute Gasteiger partial charge is 0.489 e. The van der Waals surface area contributed by atoms with E-state index in [-0.39, 0.29) is 0 Å². The quantitative estimate of drug-likeness (QED) is 0.642. The van der Waals surface area contributed by atoms with Crippen molar-refractivity contribution in [3.05, 3.63) is 71.4 Å². The van der Waals surface area contributed by atoms with E-state index >= 15 is 0 Å². The lowest BCUT2D eigenvalue weighted by molar-refractivity contribution is 0.306. The molecule has 3 heteroatoms. The number of fused-ring (bicyclic) bond motifs is 1. The molecule has 0 atom stereocenters. The first kappa shape index (κ1) is 13.9. The first-order valence-electron chi connectivity index (χ1n) is 6.89. The Morgan fingerprint density at radius 3 is 2.62 bits per heavy atom. The van der Waals surface area contributed by atoms with Gasteiger partial charge in [-0.15, -0.1) is 11.6 Å². The van der Waals surface area contributed by atoms with Gasteiger partial charge in [0.1, 0.15) is 12.4 Å². The maximum Gasteiger partial charge on any atom is 0.122 e. The first-order chi connectivity index (χ1) is 10.3. The SMILES string of the molecule is Cc1nc2cc(OCc3ccccc3)ccc2cc1CCl. The van der Waals surface area contributed by atoms with Crippen LogP contribution in [-0.4, -0.2) is 4.98 Å². The number of pyridine rings is 1. The second-order valence-electron chi connectivity index (χ2n) is 5.00. The molecule has 3 aromatic rings. The normalized spacial score (nSPS) is 10.8. The molecule has 2 nitrogen and oxygen atoms in total. The molecule has 0 unspecified atom stereocenters. The van der Waals surface area contributed by atoms with E-state index in [2.05, 4.69) is 23.2 Å². The lowest BCUT2D eigenvalue weighted by atomic mass is 10.1. The Morgan fingerprint density at radius 1 is 1.05 bits per heavy atom. The van der Waals surface area contributed by atoms with Crippen molar-refractivity contribution in [1.82, 2.24) is 4.98 Å². The van der Waals surface area contributed by atoms with Gasteiger partial charge < -0.3 is 4.74 Å². The van der Waals surface area contributed by atoms with Gasteiger partial charge in [-0.3, -0.25) is 4.98 Å². The Labute approximate surface area is 129 Å². The molecule has 0 N–H and O–H groups in total. The van der Waals surface area contributed by atoms with Gasteiger partial charge in [0.2, 0.25) is 0 Å².